The van der Waals surface area contributed by atoms with E-state index in [0.717, 1.165) is 12.8 Å². The quantitative estimate of drug-likeness (QED) is 0.139. The Morgan fingerprint density at radius 3 is 1.41 bits per heavy atom. The molecule has 1 fully saturated rings. The van der Waals surface area contributed by atoms with Crippen molar-refractivity contribution in [2.24, 2.45) is 0 Å². The maximum atomic E-state index is 2.51. The van der Waals surface area contributed by atoms with Gasteiger partial charge < -0.3 is 9.80 Å². The number of hydrogen-bond acceptors (Lipinski definition) is 2. The van der Waals surface area contributed by atoms with E-state index in [1.165, 1.54) is 88.2 Å². The van der Waals surface area contributed by atoms with E-state index in [9.17, 15) is 0 Å². The maximum Gasteiger partial charge on any atom is 0.0560 e. The zero-order valence-corrected chi connectivity index (χ0v) is 32.1. The average molecular weight is 727 g/mol. The van der Waals surface area contributed by atoms with E-state index in [1.807, 2.05) is 0 Å². The molecule has 2 heteroatoms. The summed E-state index contributed by atoms with van der Waals surface area (Å²) in [5.41, 5.74) is 12.8. The molecule has 0 N–H and O–H groups in total. The third-order valence-corrected chi connectivity index (χ3v) is 12.2. The molecular formula is C54H50N2. The highest BCUT2D eigenvalue weighted by molar-refractivity contribution is 5.77. The van der Waals surface area contributed by atoms with Gasteiger partial charge in [0.1, 0.15) is 0 Å². The van der Waals surface area contributed by atoms with Crippen LogP contribution in [0.25, 0.3) is 16.7 Å². The normalized spacial score (nSPS) is 18.6. The van der Waals surface area contributed by atoms with Gasteiger partial charge in [-0.15, -0.1) is 0 Å². The molecule has 56 heavy (non-hydrogen) atoms. The molecule has 9 rings (SSSR count). The van der Waals surface area contributed by atoms with E-state index in [1.54, 1.807) is 0 Å². The predicted molar refractivity (Wildman–Crippen MR) is 238 cm³/mol. The summed E-state index contributed by atoms with van der Waals surface area (Å²) in [6.45, 7) is 0. The molecular weight excluding hydrogens is 677 g/mol. The van der Waals surface area contributed by atoms with Crippen LogP contribution in [0.4, 0.5) is 22.7 Å². The van der Waals surface area contributed by atoms with Crippen LogP contribution >= 0.6 is 0 Å². The fourth-order valence-corrected chi connectivity index (χ4v) is 9.28. The first-order chi connectivity index (χ1) is 27.7. The first-order valence-corrected chi connectivity index (χ1v) is 20.5. The molecule has 276 valence electrons. The summed E-state index contributed by atoms with van der Waals surface area (Å²) < 4.78 is 0. The Bertz CT molecular complexity index is 2310. The average Bonchev–Trinajstić information content (AvgIpc) is 3.29. The van der Waals surface area contributed by atoms with E-state index < -0.39 is 0 Å². The van der Waals surface area contributed by atoms with Crippen molar-refractivity contribution >= 4 is 28.3 Å². The molecule has 0 saturated heterocycles. The van der Waals surface area contributed by atoms with E-state index in [-0.39, 0.29) is 17.5 Å². The van der Waals surface area contributed by atoms with Crippen molar-refractivity contribution in [3.8, 4) is 11.1 Å². The van der Waals surface area contributed by atoms with Crippen molar-refractivity contribution in [3.05, 3.63) is 223 Å². The smallest absolute Gasteiger partial charge is 0.0560 e. The van der Waals surface area contributed by atoms with Crippen molar-refractivity contribution in [3.63, 3.8) is 0 Å². The van der Waals surface area contributed by atoms with Crippen LogP contribution in [-0.4, -0.2) is 12.1 Å². The molecule has 0 radical (unpaired) electrons. The summed E-state index contributed by atoms with van der Waals surface area (Å²) in [6, 6.07) is 61.1. The molecule has 2 atom stereocenters. The van der Waals surface area contributed by atoms with E-state index >= 15 is 0 Å². The molecule has 6 aromatic rings. The molecule has 0 spiro atoms. The lowest BCUT2D eigenvalue weighted by Crippen LogP contribution is -2.32. The number of hydrogen-bond donors (Lipinski definition) is 0. The number of rotatable bonds is 10. The molecule has 0 bridgehead atoms. The van der Waals surface area contributed by atoms with Gasteiger partial charge in [-0.2, -0.15) is 0 Å². The van der Waals surface area contributed by atoms with Crippen LogP contribution in [0.5, 0.6) is 0 Å². The number of benzene rings is 6. The minimum atomic E-state index is 0.000587. The van der Waals surface area contributed by atoms with Gasteiger partial charge in [-0.25, -0.2) is 0 Å². The zero-order valence-electron chi connectivity index (χ0n) is 32.1. The Hall–Kier alpha value is -6.12. The van der Waals surface area contributed by atoms with Gasteiger partial charge in [0, 0.05) is 28.2 Å². The Labute approximate surface area is 333 Å². The monoisotopic (exact) mass is 726 g/mol. The summed E-state index contributed by atoms with van der Waals surface area (Å²) in [7, 11) is 0. The van der Waals surface area contributed by atoms with Crippen LogP contribution in [0, 0.1) is 0 Å². The summed E-state index contributed by atoms with van der Waals surface area (Å²) in [5, 5.41) is 0. The standard InChI is InChI=1S/C54H50N2/c1-6-16-42(17-7-1)44-24-32-50(33-25-44)55(48-20-10-3-11-21-48)52-36-28-46(29-37-52)54(40-14-5-15-41-54)47-30-38-53(39-31-47)56(49-22-12-4-13-23-49)51-34-26-45(27-35-51)43-18-8-2-9-19-43/h1-4,6-13,16-22,24-32,34-39,49-50H,5,14-15,23,33,40-41H2. The number of allylic oxidation sites excluding steroid dienone is 4. The molecule has 0 aliphatic heterocycles. The van der Waals surface area contributed by atoms with Crippen LogP contribution in [0.2, 0.25) is 0 Å². The molecule has 3 aliphatic carbocycles. The van der Waals surface area contributed by atoms with Gasteiger partial charge in [0.2, 0.25) is 0 Å². The highest BCUT2D eigenvalue weighted by atomic mass is 15.2. The van der Waals surface area contributed by atoms with Crippen molar-refractivity contribution in [1.29, 1.82) is 0 Å². The highest BCUT2D eigenvalue weighted by Crippen LogP contribution is 2.47. The van der Waals surface area contributed by atoms with Crippen LogP contribution in [-0.2, 0) is 5.41 Å². The second-order valence-electron chi connectivity index (χ2n) is 15.5. The summed E-state index contributed by atoms with van der Waals surface area (Å²) in [4.78, 5) is 5.02. The first-order valence-electron chi connectivity index (χ1n) is 20.5. The second kappa shape index (κ2) is 16.3. The van der Waals surface area contributed by atoms with Gasteiger partial charge in [-0.05, 0) is 108 Å². The molecule has 1 saturated carbocycles. The summed E-state index contributed by atoms with van der Waals surface area (Å²) in [6.07, 6.45) is 24.2. The lowest BCUT2D eigenvalue weighted by molar-refractivity contribution is 0.346. The molecule has 0 heterocycles. The fraction of sp³-hybridized carbons (Fsp3) is 0.185. The van der Waals surface area contributed by atoms with Gasteiger partial charge in [0.05, 0.1) is 12.1 Å². The minimum absolute atomic E-state index is 0.000587. The van der Waals surface area contributed by atoms with Crippen molar-refractivity contribution in [2.75, 3.05) is 9.80 Å². The van der Waals surface area contributed by atoms with Gasteiger partial charge in [-0.3, -0.25) is 0 Å². The fourth-order valence-electron chi connectivity index (χ4n) is 9.28. The third-order valence-electron chi connectivity index (χ3n) is 12.2. The van der Waals surface area contributed by atoms with Gasteiger partial charge in [0.25, 0.3) is 0 Å². The lowest BCUT2D eigenvalue weighted by Gasteiger charge is -2.40. The van der Waals surface area contributed by atoms with E-state index in [0.29, 0.717) is 0 Å². The highest BCUT2D eigenvalue weighted by Gasteiger charge is 2.36. The Balaban J connectivity index is 1.01. The molecule has 0 amide bonds. The first kappa shape index (κ1) is 35.6. The molecule has 2 unspecified atom stereocenters. The minimum Gasteiger partial charge on any atom is -0.334 e. The molecule has 6 aromatic carbocycles. The van der Waals surface area contributed by atoms with E-state index in [4.69, 9.17) is 0 Å². The number of para-hydroxylation sites is 1. The third kappa shape index (κ3) is 7.32. The Morgan fingerprint density at radius 2 is 0.893 bits per heavy atom. The predicted octanol–water partition coefficient (Wildman–Crippen LogP) is 14.2. The van der Waals surface area contributed by atoms with Crippen molar-refractivity contribution < 1.29 is 0 Å². The Morgan fingerprint density at radius 1 is 0.411 bits per heavy atom. The second-order valence-corrected chi connectivity index (χ2v) is 15.5. The molecule has 3 aliphatic rings. The molecule has 0 aromatic heterocycles. The van der Waals surface area contributed by atoms with Crippen LogP contribution in [0.1, 0.15) is 61.6 Å². The van der Waals surface area contributed by atoms with Crippen LogP contribution < -0.4 is 9.80 Å². The maximum absolute atomic E-state index is 2.51. The molecule has 2 nitrogen and oxygen atoms in total. The van der Waals surface area contributed by atoms with Crippen LogP contribution in [0.15, 0.2) is 206 Å². The largest absolute Gasteiger partial charge is 0.334 e. The van der Waals surface area contributed by atoms with Gasteiger partial charge in [0.15, 0.2) is 0 Å². The van der Waals surface area contributed by atoms with Gasteiger partial charge >= 0.3 is 0 Å². The van der Waals surface area contributed by atoms with Crippen molar-refractivity contribution in [1.82, 2.24) is 0 Å². The SMILES string of the molecule is C1=CCC(N(c2ccc(-c3ccccc3)cc2)c2ccc(C3(c4ccc(N(c5ccccc5)C5C=CC(c6ccccc6)=CC5)cc4)CCCCC3)cc2)C=C1. The number of anilines is 4. The number of nitrogens with zero attached hydrogens (tertiary/aromatic N) is 2. The van der Waals surface area contributed by atoms with Gasteiger partial charge in [-0.1, -0.05) is 177 Å². The summed E-state index contributed by atoms with van der Waals surface area (Å²) in [5.74, 6) is 0. The van der Waals surface area contributed by atoms with Crippen molar-refractivity contribution in [2.45, 2.75) is 62.4 Å². The zero-order chi connectivity index (χ0) is 37.6. The van der Waals surface area contributed by atoms with Crippen LogP contribution in [0.3, 0.4) is 0 Å². The lowest BCUT2D eigenvalue weighted by atomic mass is 9.65. The van der Waals surface area contributed by atoms with E-state index in [2.05, 4.69) is 216 Å². The summed E-state index contributed by atoms with van der Waals surface area (Å²) >= 11 is 0. The Kier molecular flexibility index (Phi) is 10.4. The topological polar surface area (TPSA) is 6.48 Å².